The Labute approximate surface area is 134 Å². The monoisotopic (exact) mass is 308 g/mol. The van der Waals surface area contributed by atoms with Crippen LogP contribution >= 0.6 is 0 Å². The molecule has 1 saturated heterocycles. The maximum Gasteiger partial charge on any atom is 0.126 e. The van der Waals surface area contributed by atoms with Gasteiger partial charge in [-0.3, -0.25) is 0 Å². The zero-order chi connectivity index (χ0) is 15.8. The van der Waals surface area contributed by atoms with Crippen molar-refractivity contribution in [1.29, 1.82) is 0 Å². The van der Waals surface area contributed by atoms with Crippen LogP contribution in [0, 0.1) is 0 Å². The van der Waals surface area contributed by atoms with E-state index in [2.05, 4.69) is 6.92 Å². The first kappa shape index (κ1) is 17.3. The van der Waals surface area contributed by atoms with Crippen LogP contribution in [-0.2, 0) is 11.3 Å². The lowest BCUT2D eigenvalue weighted by Gasteiger charge is -2.33. The fraction of sp³-hybridized carbons (Fsp3) is 0.667. The van der Waals surface area contributed by atoms with Crippen LogP contribution in [0.25, 0.3) is 0 Å². The van der Waals surface area contributed by atoms with E-state index in [0.717, 1.165) is 17.9 Å². The summed E-state index contributed by atoms with van der Waals surface area (Å²) in [5, 5.41) is 10.2. The molecule has 4 nitrogen and oxygen atoms in total. The smallest absolute Gasteiger partial charge is 0.126 e. The molecule has 1 aliphatic heterocycles. The van der Waals surface area contributed by atoms with Crippen molar-refractivity contribution < 1.29 is 19.5 Å². The molecule has 0 radical (unpaired) electrons. The summed E-state index contributed by atoms with van der Waals surface area (Å²) in [4.78, 5) is 1.55. The Balaban J connectivity index is 1.71. The number of aliphatic hydroxyl groups is 1. The number of hydrogen-bond donors (Lipinski definition) is 2. The molecule has 1 aromatic rings. The van der Waals surface area contributed by atoms with E-state index in [9.17, 15) is 5.11 Å². The highest BCUT2D eigenvalue weighted by Crippen LogP contribution is 2.13. The lowest BCUT2D eigenvalue weighted by molar-refractivity contribution is -0.933. The summed E-state index contributed by atoms with van der Waals surface area (Å²) >= 11 is 0. The zero-order valence-corrected chi connectivity index (χ0v) is 13.9. The maximum atomic E-state index is 10.2. The normalized spacial score (nSPS) is 23.2. The molecule has 1 aromatic carbocycles. The summed E-state index contributed by atoms with van der Waals surface area (Å²) in [6.45, 7) is 5.15. The molecular formula is C18H30NO3+. The Morgan fingerprint density at radius 1 is 1.36 bits per heavy atom. The van der Waals surface area contributed by atoms with Gasteiger partial charge in [0.1, 0.15) is 18.4 Å². The molecule has 0 spiro atoms. The maximum absolute atomic E-state index is 10.2. The Morgan fingerprint density at radius 2 is 2.23 bits per heavy atom. The Bertz CT molecular complexity index is 438. The van der Waals surface area contributed by atoms with Gasteiger partial charge in [0.05, 0.1) is 32.9 Å². The highest BCUT2D eigenvalue weighted by molar-refractivity contribution is 5.27. The Kier molecular flexibility index (Phi) is 7.16. The van der Waals surface area contributed by atoms with E-state index in [4.69, 9.17) is 9.47 Å². The minimum atomic E-state index is -0.382. The van der Waals surface area contributed by atoms with Crippen molar-refractivity contribution in [1.82, 2.24) is 0 Å². The molecule has 0 aliphatic carbocycles. The number of piperidine rings is 1. The van der Waals surface area contributed by atoms with Crippen LogP contribution in [0.4, 0.5) is 0 Å². The van der Waals surface area contributed by atoms with Gasteiger partial charge in [-0.2, -0.15) is 0 Å². The van der Waals surface area contributed by atoms with E-state index in [1.165, 1.54) is 32.2 Å². The van der Waals surface area contributed by atoms with E-state index in [1.54, 1.807) is 12.0 Å². The van der Waals surface area contributed by atoms with Crippen LogP contribution in [0.15, 0.2) is 24.3 Å². The van der Waals surface area contributed by atoms with Crippen molar-refractivity contribution in [2.75, 3.05) is 26.8 Å². The highest BCUT2D eigenvalue weighted by Gasteiger charge is 2.26. The molecule has 1 unspecified atom stereocenters. The second-order valence-electron chi connectivity index (χ2n) is 6.23. The van der Waals surface area contributed by atoms with Crippen molar-refractivity contribution >= 4 is 0 Å². The third-order valence-corrected chi connectivity index (χ3v) is 4.58. The summed E-state index contributed by atoms with van der Waals surface area (Å²) in [5.74, 6) is 0.838. The zero-order valence-electron chi connectivity index (χ0n) is 13.9. The van der Waals surface area contributed by atoms with Gasteiger partial charge in [0.15, 0.2) is 0 Å². The van der Waals surface area contributed by atoms with Gasteiger partial charge < -0.3 is 19.5 Å². The first-order valence-electron chi connectivity index (χ1n) is 8.46. The van der Waals surface area contributed by atoms with Gasteiger partial charge in [0.2, 0.25) is 0 Å². The van der Waals surface area contributed by atoms with Gasteiger partial charge >= 0.3 is 0 Å². The molecule has 1 fully saturated rings. The first-order valence-corrected chi connectivity index (χ1v) is 8.46. The number of nitrogens with one attached hydrogen (secondary N) is 1. The number of ether oxygens (including phenoxy) is 2. The van der Waals surface area contributed by atoms with Crippen molar-refractivity contribution in [2.24, 2.45) is 0 Å². The van der Waals surface area contributed by atoms with E-state index >= 15 is 0 Å². The van der Waals surface area contributed by atoms with E-state index < -0.39 is 0 Å². The molecule has 0 bridgehead atoms. The lowest BCUT2D eigenvalue weighted by atomic mass is 10.00. The molecule has 1 aliphatic rings. The minimum Gasteiger partial charge on any atom is -0.497 e. The first-order chi connectivity index (χ1) is 10.7. The van der Waals surface area contributed by atoms with Gasteiger partial charge in [-0.1, -0.05) is 19.1 Å². The van der Waals surface area contributed by atoms with E-state index in [0.29, 0.717) is 19.3 Å². The molecule has 0 amide bonds. The number of benzene rings is 1. The SMILES string of the molecule is CC[C@@H]1CCCC[NH+]1C[C@H](O)COCc1cccc(OC)c1. The van der Waals surface area contributed by atoms with Crippen LogP contribution in [0.3, 0.4) is 0 Å². The summed E-state index contributed by atoms with van der Waals surface area (Å²) in [7, 11) is 1.66. The van der Waals surface area contributed by atoms with Gasteiger partial charge in [-0.25, -0.2) is 0 Å². The summed E-state index contributed by atoms with van der Waals surface area (Å²) in [6.07, 6.45) is 4.73. The van der Waals surface area contributed by atoms with Crippen LogP contribution in [0.5, 0.6) is 5.75 Å². The van der Waals surface area contributed by atoms with Crippen LogP contribution in [0.2, 0.25) is 0 Å². The minimum absolute atomic E-state index is 0.382. The van der Waals surface area contributed by atoms with Gasteiger partial charge in [-0.05, 0) is 43.4 Å². The van der Waals surface area contributed by atoms with E-state index in [1.807, 2.05) is 24.3 Å². The third-order valence-electron chi connectivity index (χ3n) is 4.58. The summed E-state index contributed by atoms with van der Waals surface area (Å²) < 4.78 is 10.9. The van der Waals surface area contributed by atoms with Crippen molar-refractivity contribution in [3.05, 3.63) is 29.8 Å². The summed E-state index contributed by atoms with van der Waals surface area (Å²) in [6, 6.07) is 8.57. The second kappa shape index (κ2) is 9.13. The molecule has 2 N–H and O–H groups in total. The molecule has 2 rings (SSSR count). The van der Waals surface area contributed by atoms with Gasteiger partial charge in [-0.15, -0.1) is 0 Å². The largest absolute Gasteiger partial charge is 0.497 e. The molecule has 3 atom stereocenters. The van der Waals surface area contributed by atoms with Crippen LogP contribution in [0.1, 0.15) is 38.2 Å². The van der Waals surface area contributed by atoms with E-state index in [-0.39, 0.29) is 6.10 Å². The Morgan fingerprint density at radius 3 is 3.00 bits per heavy atom. The average Bonchev–Trinajstić information content (AvgIpc) is 2.55. The molecule has 124 valence electrons. The molecular weight excluding hydrogens is 278 g/mol. The number of methoxy groups -OCH3 is 1. The fourth-order valence-electron chi connectivity index (χ4n) is 3.35. The molecule has 22 heavy (non-hydrogen) atoms. The quantitative estimate of drug-likeness (QED) is 0.763. The number of quaternary nitrogens is 1. The van der Waals surface area contributed by atoms with Crippen LogP contribution < -0.4 is 9.64 Å². The molecule has 4 heteroatoms. The Hall–Kier alpha value is -1.10. The van der Waals surface area contributed by atoms with Crippen molar-refractivity contribution in [2.45, 2.75) is 51.4 Å². The number of likely N-dealkylation sites (tertiary alicyclic amines) is 1. The van der Waals surface area contributed by atoms with Gasteiger partial charge in [0, 0.05) is 0 Å². The molecule has 0 aromatic heterocycles. The average molecular weight is 308 g/mol. The fourth-order valence-corrected chi connectivity index (χ4v) is 3.35. The third kappa shape index (κ3) is 5.27. The van der Waals surface area contributed by atoms with Crippen molar-refractivity contribution in [3.8, 4) is 5.75 Å². The molecule has 0 saturated carbocycles. The summed E-state index contributed by atoms with van der Waals surface area (Å²) in [5.41, 5.74) is 1.07. The standard InChI is InChI=1S/C18H29NO3/c1-3-16-8-4-5-10-19(16)12-17(20)14-22-13-15-7-6-9-18(11-15)21-2/h6-7,9,11,16-17,20H,3-5,8,10,12-14H2,1-2H3/p+1/t16-,17+/m1/s1. The van der Waals surface area contributed by atoms with Gasteiger partial charge in [0.25, 0.3) is 0 Å². The second-order valence-corrected chi connectivity index (χ2v) is 6.23. The highest BCUT2D eigenvalue weighted by atomic mass is 16.5. The number of aliphatic hydroxyl groups excluding tert-OH is 1. The lowest BCUT2D eigenvalue weighted by Crippen LogP contribution is -3.17. The number of hydrogen-bond acceptors (Lipinski definition) is 3. The predicted molar refractivity (Wildman–Crippen MR) is 87.3 cm³/mol. The topological polar surface area (TPSA) is 43.1 Å². The molecule has 1 heterocycles. The van der Waals surface area contributed by atoms with Crippen LogP contribution in [-0.4, -0.2) is 44.1 Å². The predicted octanol–water partition coefficient (Wildman–Crippen LogP) is 1.42. The van der Waals surface area contributed by atoms with Crippen molar-refractivity contribution in [3.63, 3.8) is 0 Å². The number of rotatable bonds is 8.